The molecule has 21 heavy (non-hydrogen) atoms. The zero-order chi connectivity index (χ0) is 15.0. The van der Waals surface area contributed by atoms with Crippen LogP contribution in [0.3, 0.4) is 0 Å². The minimum Gasteiger partial charge on any atom is -0.369 e. The van der Waals surface area contributed by atoms with Crippen molar-refractivity contribution < 1.29 is 4.39 Å². The van der Waals surface area contributed by atoms with Gasteiger partial charge in [0.05, 0.1) is 12.6 Å². The monoisotopic (exact) mass is 367 g/mol. The number of aliphatic imine (C=N–C) groups is 1. The van der Waals surface area contributed by atoms with Crippen molar-refractivity contribution in [1.29, 1.82) is 0 Å². The lowest BCUT2D eigenvalue weighted by atomic mass is 10.1. The van der Waals surface area contributed by atoms with Crippen LogP contribution in [-0.2, 0) is 0 Å². The van der Waals surface area contributed by atoms with Gasteiger partial charge in [0.1, 0.15) is 5.82 Å². The molecule has 1 unspecified atom stereocenters. The molecule has 3 nitrogen and oxygen atoms in total. The lowest BCUT2D eigenvalue weighted by Gasteiger charge is -2.27. The molecule has 2 N–H and O–H groups in total. The van der Waals surface area contributed by atoms with Crippen LogP contribution in [0.4, 0.5) is 10.1 Å². The number of guanidine groups is 1. The summed E-state index contributed by atoms with van der Waals surface area (Å²) in [4.78, 5) is 6.15. The van der Waals surface area contributed by atoms with Crippen molar-refractivity contribution in [2.75, 3.05) is 11.4 Å². The lowest BCUT2D eigenvalue weighted by Crippen LogP contribution is -2.36. The highest BCUT2D eigenvalue weighted by Crippen LogP contribution is 2.35. The first-order valence-corrected chi connectivity index (χ1v) is 7.53. The van der Waals surface area contributed by atoms with E-state index >= 15 is 0 Å². The van der Waals surface area contributed by atoms with E-state index in [4.69, 9.17) is 17.3 Å². The zero-order valence-electron chi connectivity index (χ0n) is 10.9. The number of anilines is 1. The van der Waals surface area contributed by atoms with Crippen LogP contribution in [0.2, 0.25) is 5.02 Å². The molecule has 2 aromatic carbocycles. The molecule has 108 valence electrons. The number of nitrogens with two attached hydrogens (primary N) is 1. The zero-order valence-corrected chi connectivity index (χ0v) is 13.3. The standard InChI is InChI=1S/C15H12BrClFN3/c16-13-5-4-10(18)7-12(13)14-8-20-15(19)21(14)11-3-1-2-9(17)6-11/h1-7,14H,8H2,(H2,19,20). The molecule has 0 bridgehead atoms. The summed E-state index contributed by atoms with van der Waals surface area (Å²) in [7, 11) is 0. The summed E-state index contributed by atoms with van der Waals surface area (Å²) >= 11 is 9.51. The molecule has 0 aromatic heterocycles. The topological polar surface area (TPSA) is 41.6 Å². The van der Waals surface area contributed by atoms with E-state index in [2.05, 4.69) is 20.9 Å². The van der Waals surface area contributed by atoms with Gasteiger partial charge in [0.2, 0.25) is 0 Å². The summed E-state index contributed by atoms with van der Waals surface area (Å²) in [6.07, 6.45) is 0. The van der Waals surface area contributed by atoms with Crippen molar-refractivity contribution >= 4 is 39.2 Å². The molecule has 0 fully saturated rings. The molecule has 0 saturated carbocycles. The van der Waals surface area contributed by atoms with Crippen molar-refractivity contribution in [2.45, 2.75) is 6.04 Å². The molecule has 0 saturated heterocycles. The minimum absolute atomic E-state index is 0.159. The molecule has 3 rings (SSSR count). The van der Waals surface area contributed by atoms with Crippen LogP contribution in [0.5, 0.6) is 0 Å². The first-order valence-electron chi connectivity index (χ1n) is 6.36. The Bertz CT molecular complexity index is 720. The fourth-order valence-corrected chi connectivity index (χ4v) is 3.14. The van der Waals surface area contributed by atoms with Crippen molar-refractivity contribution in [3.05, 3.63) is 63.3 Å². The van der Waals surface area contributed by atoms with Crippen molar-refractivity contribution in [1.82, 2.24) is 0 Å². The first-order chi connectivity index (χ1) is 10.1. The summed E-state index contributed by atoms with van der Waals surface area (Å²) < 4.78 is 14.4. The third kappa shape index (κ3) is 2.76. The van der Waals surface area contributed by atoms with E-state index in [0.29, 0.717) is 17.5 Å². The molecule has 1 heterocycles. The maximum absolute atomic E-state index is 13.6. The molecular formula is C15H12BrClFN3. The van der Waals surface area contributed by atoms with Crippen molar-refractivity contribution in [3.63, 3.8) is 0 Å². The van der Waals surface area contributed by atoms with Crippen LogP contribution in [-0.4, -0.2) is 12.5 Å². The van der Waals surface area contributed by atoms with Gasteiger partial charge in [-0.15, -0.1) is 0 Å². The highest BCUT2D eigenvalue weighted by atomic mass is 79.9. The predicted octanol–water partition coefficient (Wildman–Crippen LogP) is 4.12. The minimum atomic E-state index is -0.287. The average molecular weight is 369 g/mol. The van der Waals surface area contributed by atoms with Gasteiger partial charge >= 0.3 is 0 Å². The second kappa shape index (κ2) is 5.66. The Morgan fingerprint density at radius 3 is 2.86 bits per heavy atom. The normalized spacial score (nSPS) is 18.0. The van der Waals surface area contributed by atoms with Gasteiger partial charge in [-0.05, 0) is 42.0 Å². The number of hydrogen-bond acceptors (Lipinski definition) is 3. The van der Waals surface area contributed by atoms with E-state index in [9.17, 15) is 4.39 Å². The molecule has 6 heteroatoms. The van der Waals surface area contributed by atoms with Gasteiger partial charge in [-0.1, -0.05) is 33.6 Å². The molecule has 2 aromatic rings. The second-order valence-corrected chi connectivity index (χ2v) is 6.02. The van der Waals surface area contributed by atoms with Crippen LogP contribution >= 0.6 is 27.5 Å². The number of hydrogen-bond donors (Lipinski definition) is 1. The van der Waals surface area contributed by atoms with Crippen molar-refractivity contribution in [3.8, 4) is 0 Å². The van der Waals surface area contributed by atoms with Crippen LogP contribution < -0.4 is 10.6 Å². The molecule has 0 amide bonds. The molecule has 1 aliphatic rings. The fraction of sp³-hybridized carbons (Fsp3) is 0.133. The Morgan fingerprint density at radius 2 is 2.10 bits per heavy atom. The fourth-order valence-electron chi connectivity index (χ4n) is 2.44. The number of benzene rings is 2. The average Bonchev–Trinajstić information content (AvgIpc) is 2.83. The highest BCUT2D eigenvalue weighted by Gasteiger charge is 2.30. The van der Waals surface area contributed by atoms with Crippen LogP contribution in [0, 0.1) is 5.82 Å². The lowest BCUT2D eigenvalue weighted by molar-refractivity contribution is 0.620. The van der Waals surface area contributed by atoms with Gasteiger partial charge in [-0.2, -0.15) is 0 Å². The Hall–Kier alpha value is -1.59. The summed E-state index contributed by atoms with van der Waals surface area (Å²) in [5.74, 6) is 0.114. The van der Waals surface area contributed by atoms with E-state index in [1.807, 2.05) is 23.1 Å². The predicted molar refractivity (Wildman–Crippen MR) is 87.3 cm³/mol. The molecule has 0 radical (unpaired) electrons. The molecular weight excluding hydrogens is 357 g/mol. The Balaban J connectivity index is 2.05. The van der Waals surface area contributed by atoms with Gasteiger partial charge in [0, 0.05) is 15.2 Å². The first kappa shape index (κ1) is 14.4. The molecule has 0 aliphatic carbocycles. The number of halogens is 3. The van der Waals surface area contributed by atoms with E-state index < -0.39 is 0 Å². The summed E-state index contributed by atoms with van der Waals surface area (Å²) in [6.45, 7) is 0.473. The van der Waals surface area contributed by atoms with Crippen LogP contribution in [0.25, 0.3) is 0 Å². The maximum Gasteiger partial charge on any atom is 0.196 e. The smallest absolute Gasteiger partial charge is 0.196 e. The van der Waals surface area contributed by atoms with Gasteiger partial charge in [0.25, 0.3) is 0 Å². The SMILES string of the molecule is NC1=NCC(c2cc(F)ccc2Br)N1c1cccc(Cl)c1. The third-order valence-corrected chi connectivity index (χ3v) is 4.35. The van der Waals surface area contributed by atoms with Crippen molar-refractivity contribution in [2.24, 2.45) is 10.7 Å². The quantitative estimate of drug-likeness (QED) is 0.866. The van der Waals surface area contributed by atoms with Crippen LogP contribution in [0.15, 0.2) is 51.9 Å². The Labute approximate surface area is 135 Å². The summed E-state index contributed by atoms with van der Waals surface area (Å²) in [5, 5.41) is 0.615. The van der Waals surface area contributed by atoms with Gasteiger partial charge in [-0.25, -0.2) is 4.39 Å². The van der Waals surface area contributed by atoms with E-state index in [1.165, 1.54) is 12.1 Å². The van der Waals surface area contributed by atoms with Gasteiger partial charge in [0.15, 0.2) is 5.96 Å². The largest absolute Gasteiger partial charge is 0.369 e. The van der Waals surface area contributed by atoms with E-state index in [-0.39, 0.29) is 11.9 Å². The Kier molecular flexibility index (Phi) is 3.87. The van der Waals surface area contributed by atoms with Gasteiger partial charge < -0.3 is 10.6 Å². The van der Waals surface area contributed by atoms with Crippen LogP contribution in [0.1, 0.15) is 11.6 Å². The van der Waals surface area contributed by atoms with E-state index in [1.54, 1.807) is 12.1 Å². The Morgan fingerprint density at radius 1 is 1.29 bits per heavy atom. The number of rotatable bonds is 2. The highest BCUT2D eigenvalue weighted by molar-refractivity contribution is 9.10. The summed E-state index contributed by atoms with van der Waals surface area (Å²) in [5.41, 5.74) is 7.64. The molecule has 1 aliphatic heterocycles. The molecule has 1 atom stereocenters. The van der Waals surface area contributed by atoms with Gasteiger partial charge in [-0.3, -0.25) is 4.99 Å². The summed E-state index contributed by atoms with van der Waals surface area (Å²) in [6, 6.07) is 11.8. The van der Waals surface area contributed by atoms with E-state index in [0.717, 1.165) is 15.7 Å². The maximum atomic E-state index is 13.6. The second-order valence-electron chi connectivity index (χ2n) is 4.73. The number of nitrogens with zero attached hydrogens (tertiary/aromatic N) is 2. The molecule has 0 spiro atoms. The third-order valence-electron chi connectivity index (χ3n) is 3.39.